The van der Waals surface area contributed by atoms with E-state index in [4.69, 9.17) is 4.74 Å². The fourth-order valence-corrected chi connectivity index (χ4v) is 4.25. The second-order valence-electron chi connectivity index (χ2n) is 7.01. The lowest BCUT2D eigenvalue weighted by atomic mass is 9.77. The van der Waals surface area contributed by atoms with Crippen molar-refractivity contribution in [2.24, 2.45) is 5.41 Å². The molecular formula is C17H23N5O2. The van der Waals surface area contributed by atoms with Gasteiger partial charge in [0.25, 0.3) is 0 Å². The molecule has 0 bridgehead atoms. The molecule has 0 amide bonds. The number of ether oxygens (including phenoxy) is 1. The number of carbonyl (C=O) groups is 1. The molecule has 0 atom stereocenters. The van der Waals surface area contributed by atoms with Crippen molar-refractivity contribution in [2.75, 3.05) is 25.1 Å². The summed E-state index contributed by atoms with van der Waals surface area (Å²) in [5.41, 5.74) is 1.27. The summed E-state index contributed by atoms with van der Waals surface area (Å²) in [6.45, 7) is 2.14. The Morgan fingerprint density at radius 1 is 1.21 bits per heavy atom. The molecule has 0 aromatic carbocycles. The van der Waals surface area contributed by atoms with Crippen molar-refractivity contribution in [1.82, 2.24) is 19.7 Å². The van der Waals surface area contributed by atoms with Crippen LogP contribution in [-0.4, -0.2) is 45.9 Å². The number of hydrogen-bond acceptors (Lipinski definition) is 6. The average molecular weight is 329 g/mol. The molecule has 0 N–H and O–H groups in total. The number of methoxy groups -OCH3 is 1. The maximum atomic E-state index is 11.5. The van der Waals surface area contributed by atoms with E-state index in [-0.39, 0.29) is 12.5 Å². The van der Waals surface area contributed by atoms with Crippen LogP contribution in [0.4, 0.5) is 5.82 Å². The normalized spacial score (nSPS) is 20.0. The predicted octanol–water partition coefficient (Wildman–Crippen LogP) is 2.16. The standard InChI is InChI=1S/C17H23N5O2/c1-24-14(23)11-22-16-13(10-20-22)15(18-12-19-16)21-8-6-17(7-9-21)4-2-3-5-17/h10,12H,2-9,11H2,1H3. The summed E-state index contributed by atoms with van der Waals surface area (Å²) in [5.74, 6) is 0.602. The second-order valence-corrected chi connectivity index (χ2v) is 7.01. The van der Waals surface area contributed by atoms with E-state index in [2.05, 4.69) is 20.0 Å². The highest BCUT2D eigenvalue weighted by Crippen LogP contribution is 2.46. The number of rotatable bonds is 3. The Bertz CT molecular complexity index is 741. The minimum Gasteiger partial charge on any atom is -0.468 e. The van der Waals surface area contributed by atoms with Gasteiger partial charge in [0.05, 0.1) is 18.7 Å². The predicted molar refractivity (Wildman–Crippen MR) is 89.7 cm³/mol. The number of piperidine rings is 1. The van der Waals surface area contributed by atoms with Crippen molar-refractivity contribution in [3.63, 3.8) is 0 Å². The highest BCUT2D eigenvalue weighted by atomic mass is 16.5. The van der Waals surface area contributed by atoms with Gasteiger partial charge in [0.2, 0.25) is 0 Å². The lowest BCUT2D eigenvalue weighted by molar-refractivity contribution is -0.141. The molecule has 2 aromatic heterocycles. The largest absolute Gasteiger partial charge is 0.468 e. The van der Waals surface area contributed by atoms with Crippen LogP contribution >= 0.6 is 0 Å². The third-order valence-electron chi connectivity index (χ3n) is 5.71. The van der Waals surface area contributed by atoms with E-state index in [0.29, 0.717) is 11.1 Å². The van der Waals surface area contributed by atoms with Gasteiger partial charge in [0.15, 0.2) is 5.65 Å². The van der Waals surface area contributed by atoms with Gasteiger partial charge in [-0.1, -0.05) is 12.8 Å². The van der Waals surface area contributed by atoms with Gasteiger partial charge >= 0.3 is 5.97 Å². The van der Waals surface area contributed by atoms with Gasteiger partial charge in [-0.15, -0.1) is 0 Å². The van der Waals surface area contributed by atoms with Crippen LogP contribution in [0.1, 0.15) is 38.5 Å². The van der Waals surface area contributed by atoms with Crippen LogP contribution < -0.4 is 4.90 Å². The van der Waals surface area contributed by atoms with Gasteiger partial charge in [0.1, 0.15) is 18.7 Å². The first-order valence-electron chi connectivity index (χ1n) is 8.69. The molecule has 128 valence electrons. The summed E-state index contributed by atoms with van der Waals surface area (Å²) in [6, 6.07) is 0. The second kappa shape index (κ2) is 6.03. The number of carbonyl (C=O) groups excluding carboxylic acids is 1. The Hall–Kier alpha value is -2.18. The summed E-state index contributed by atoms with van der Waals surface area (Å²) in [4.78, 5) is 22.7. The molecule has 1 aliphatic carbocycles. The van der Waals surface area contributed by atoms with Crippen molar-refractivity contribution in [3.8, 4) is 0 Å². The molecule has 7 heteroatoms. The zero-order chi connectivity index (χ0) is 16.6. The average Bonchev–Trinajstić information content (AvgIpc) is 3.23. The number of hydrogen-bond donors (Lipinski definition) is 0. The van der Waals surface area contributed by atoms with E-state index in [9.17, 15) is 4.79 Å². The molecule has 1 aliphatic heterocycles. The SMILES string of the molecule is COC(=O)Cn1ncc2c(N3CCC4(CCCC4)CC3)ncnc21. The monoisotopic (exact) mass is 329 g/mol. The zero-order valence-corrected chi connectivity index (χ0v) is 14.1. The van der Waals surface area contributed by atoms with Crippen LogP contribution in [-0.2, 0) is 16.1 Å². The molecule has 24 heavy (non-hydrogen) atoms. The van der Waals surface area contributed by atoms with E-state index in [1.165, 1.54) is 45.6 Å². The highest BCUT2D eigenvalue weighted by Gasteiger charge is 2.37. The van der Waals surface area contributed by atoms with E-state index in [0.717, 1.165) is 24.3 Å². The van der Waals surface area contributed by atoms with Crippen LogP contribution in [0.2, 0.25) is 0 Å². The lowest BCUT2D eigenvalue weighted by Crippen LogP contribution is -2.39. The van der Waals surface area contributed by atoms with Crippen molar-refractivity contribution in [1.29, 1.82) is 0 Å². The molecule has 2 aliphatic rings. The molecule has 7 nitrogen and oxygen atoms in total. The van der Waals surface area contributed by atoms with Gasteiger partial charge in [-0.05, 0) is 31.1 Å². The topological polar surface area (TPSA) is 73.1 Å². The molecular weight excluding hydrogens is 306 g/mol. The molecule has 3 heterocycles. The number of esters is 1. The minimum atomic E-state index is -0.332. The zero-order valence-electron chi connectivity index (χ0n) is 14.1. The molecule has 0 unspecified atom stereocenters. The van der Waals surface area contributed by atoms with Crippen LogP contribution in [0.15, 0.2) is 12.5 Å². The van der Waals surface area contributed by atoms with Crippen molar-refractivity contribution in [3.05, 3.63) is 12.5 Å². The Labute approximate surface area is 141 Å². The molecule has 1 spiro atoms. The van der Waals surface area contributed by atoms with Crippen LogP contribution in [0.3, 0.4) is 0 Å². The number of fused-ring (bicyclic) bond motifs is 1. The first-order valence-corrected chi connectivity index (χ1v) is 8.69. The fraction of sp³-hybridized carbons (Fsp3) is 0.647. The Morgan fingerprint density at radius 3 is 2.67 bits per heavy atom. The minimum absolute atomic E-state index is 0.0690. The summed E-state index contributed by atoms with van der Waals surface area (Å²) < 4.78 is 6.30. The van der Waals surface area contributed by atoms with Gasteiger partial charge < -0.3 is 9.64 Å². The van der Waals surface area contributed by atoms with Crippen LogP contribution in [0.5, 0.6) is 0 Å². The third-order valence-corrected chi connectivity index (χ3v) is 5.71. The fourth-order valence-electron chi connectivity index (χ4n) is 4.25. The van der Waals surface area contributed by atoms with Gasteiger partial charge in [-0.2, -0.15) is 5.10 Å². The van der Waals surface area contributed by atoms with E-state index < -0.39 is 0 Å². The summed E-state index contributed by atoms with van der Waals surface area (Å²) in [5, 5.41) is 5.20. The van der Waals surface area contributed by atoms with E-state index in [1.807, 2.05) is 0 Å². The van der Waals surface area contributed by atoms with Gasteiger partial charge in [-0.3, -0.25) is 4.79 Å². The lowest BCUT2D eigenvalue weighted by Gasteiger charge is -2.40. The molecule has 2 fully saturated rings. The number of aromatic nitrogens is 4. The quantitative estimate of drug-likeness (QED) is 0.804. The maximum Gasteiger partial charge on any atom is 0.327 e. The van der Waals surface area contributed by atoms with Gasteiger partial charge in [0, 0.05) is 13.1 Å². The first-order chi connectivity index (χ1) is 11.7. The summed E-state index contributed by atoms with van der Waals surface area (Å²) >= 11 is 0. The Balaban J connectivity index is 1.57. The Morgan fingerprint density at radius 2 is 1.96 bits per heavy atom. The molecule has 4 rings (SSSR count). The molecule has 1 saturated heterocycles. The van der Waals surface area contributed by atoms with Crippen molar-refractivity contribution >= 4 is 22.8 Å². The maximum absolute atomic E-state index is 11.5. The van der Waals surface area contributed by atoms with Crippen molar-refractivity contribution in [2.45, 2.75) is 45.1 Å². The summed E-state index contributed by atoms with van der Waals surface area (Å²) in [6.07, 6.45) is 11.4. The molecule has 0 radical (unpaired) electrons. The third kappa shape index (κ3) is 2.61. The van der Waals surface area contributed by atoms with E-state index in [1.54, 1.807) is 17.2 Å². The number of nitrogens with zero attached hydrogens (tertiary/aromatic N) is 5. The van der Waals surface area contributed by atoms with Crippen LogP contribution in [0, 0.1) is 5.41 Å². The smallest absolute Gasteiger partial charge is 0.327 e. The molecule has 1 saturated carbocycles. The van der Waals surface area contributed by atoms with Crippen LogP contribution in [0.25, 0.3) is 11.0 Å². The highest BCUT2D eigenvalue weighted by molar-refractivity contribution is 5.87. The first kappa shape index (κ1) is 15.4. The molecule has 2 aromatic rings. The van der Waals surface area contributed by atoms with Crippen molar-refractivity contribution < 1.29 is 9.53 Å². The number of anilines is 1. The van der Waals surface area contributed by atoms with E-state index >= 15 is 0 Å². The van der Waals surface area contributed by atoms with Gasteiger partial charge in [-0.25, -0.2) is 14.6 Å². The Kier molecular flexibility index (Phi) is 3.86. The summed E-state index contributed by atoms with van der Waals surface area (Å²) in [7, 11) is 1.38.